The molecule has 41 heavy (non-hydrogen) atoms. The molecule has 2 saturated heterocycles. The Bertz CT molecular complexity index is 1200. The zero-order valence-corrected chi connectivity index (χ0v) is 23.0. The number of fused-ring (bicyclic) bond motifs is 1. The summed E-state index contributed by atoms with van der Waals surface area (Å²) in [5.74, 6) is -7.96. The summed E-state index contributed by atoms with van der Waals surface area (Å²) in [6.07, 6.45) is -11.8. The monoisotopic (exact) mass is 593 g/mol. The fourth-order valence-electron chi connectivity index (χ4n) is 8.05. The SMILES string of the molecule is CC1(C)C[C@@H](C[C@H](C#N)C23C(C(N)=O)N(C(=O)C(NC(=O)C(F)(F)F)C4(C(F)(F)F)CCC4)CC2C3(C)C)C(=O)N1. The van der Waals surface area contributed by atoms with Crippen molar-refractivity contribution in [2.45, 2.75) is 89.8 Å². The van der Waals surface area contributed by atoms with Gasteiger partial charge in [-0.3, -0.25) is 19.2 Å². The molecule has 0 aromatic rings. The highest BCUT2D eigenvalue weighted by atomic mass is 19.4. The van der Waals surface area contributed by atoms with Crippen LogP contribution < -0.4 is 16.4 Å². The van der Waals surface area contributed by atoms with Crippen LogP contribution in [-0.4, -0.2) is 65.0 Å². The van der Waals surface area contributed by atoms with Crippen LogP contribution in [-0.2, 0) is 19.2 Å². The number of hydrogen-bond acceptors (Lipinski definition) is 5. The number of alkyl halides is 6. The molecule has 2 heterocycles. The van der Waals surface area contributed by atoms with E-state index >= 15 is 0 Å². The zero-order chi connectivity index (χ0) is 31.1. The largest absolute Gasteiger partial charge is 0.471 e. The Morgan fingerprint density at radius 1 is 1.15 bits per heavy atom. The van der Waals surface area contributed by atoms with Crippen LogP contribution in [0.5, 0.6) is 0 Å². The predicted octanol–water partition coefficient (Wildman–Crippen LogP) is 2.55. The molecule has 2 aliphatic carbocycles. The van der Waals surface area contributed by atoms with Gasteiger partial charge in [0.05, 0.1) is 17.4 Å². The van der Waals surface area contributed by atoms with Gasteiger partial charge in [-0.15, -0.1) is 0 Å². The van der Waals surface area contributed by atoms with E-state index in [0.717, 1.165) is 0 Å². The van der Waals surface area contributed by atoms with E-state index in [0.29, 0.717) is 11.3 Å². The second-order valence-corrected chi connectivity index (χ2v) is 13.1. The van der Waals surface area contributed by atoms with E-state index in [1.54, 1.807) is 27.7 Å². The maximum Gasteiger partial charge on any atom is 0.471 e. The van der Waals surface area contributed by atoms with Crippen molar-refractivity contribution in [1.82, 2.24) is 15.5 Å². The molecular weight excluding hydrogens is 560 g/mol. The second kappa shape index (κ2) is 9.22. The van der Waals surface area contributed by atoms with Gasteiger partial charge in [0.1, 0.15) is 12.1 Å². The number of halogens is 6. The van der Waals surface area contributed by atoms with E-state index in [9.17, 15) is 50.8 Å². The van der Waals surface area contributed by atoms with Crippen LogP contribution in [0.4, 0.5) is 26.3 Å². The number of carbonyl (C=O) groups excluding carboxylic acids is 4. The zero-order valence-electron chi connectivity index (χ0n) is 23.0. The van der Waals surface area contributed by atoms with Crippen LogP contribution in [0.2, 0.25) is 0 Å². The molecule has 2 aliphatic heterocycles. The number of nitrogens with zero attached hydrogens (tertiary/aromatic N) is 2. The highest BCUT2D eigenvalue weighted by Gasteiger charge is 2.83. The molecule has 4 amide bonds. The molecular formula is C26H33F6N5O4. The minimum absolute atomic E-state index is 0.0156. The Hall–Kier alpha value is -3.05. The van der Waals surface area contributed by atoms with Crippen molar-refractivity contribution < 1.29 is 45.5 Å². The Kier molecular flexibility index (Phi) is 6.95. The Balaban J connectivity index is 1.74. The molecule has 0 aromatic carbocycles. The lowest BCUT2D eigenvalue weighted by molar-refractivity contribution is -0.262. The van der Waals surface area contributed by atoms with Gasteiger partial charge in [-0.25, -0.2) is 0 Å². The third-order valence-corrected chi connectivity index (χ3v) is 10.2. The Morgan fingerprint density at radius 2 is 1.73 bits per heavy atom. The van der Waals surface area contributed by atoms with Crippen molar-refractivity contribution in [3.8, 4) is 6.07 Å². The Labute approximate surface area is 232 Å². The average molecular weight is 594 g/mol. The van der Waals surface area contributed by atoms with Crippen molar-refractivity contribution in [2.75, 3.05) is 6.54 Å². The van der Waals surface area contributed by atoms with Crippen LogP contribution in [0.3, 0.4) is 0 Å². The smallest absolute Gasteiger partial charge is 0.368 e. The number of piperidine rings is 1. The quantitative estimate of drug-likeness (QED) is 0.389. The fraction of sp³-hybridized carbons (Fsp3) is 0.808. The lowest BCUT2D eigenvalue weighted by atomic mass is 9.62. The lowest BCUT2D eigenvalue weighted by Crippen LogP contribution is -2.67. The summed E-state index contributed by atoms with van der Waals surface area (Å²) in [4.78, 5) is 52.0. The molecule has 4 fully saturated rings. The molecule has 2 saturated carbocycles. The number of hydrogen-bond donors (Lipinski definition) is 3. The van der Waals surface area contributed by atoms with Gasteiger partial charge < -0.3 is 21.3 Å². The first-order valence-electron chi connectivity index (χ1n) is 13.3. The van der Waals surface area contributed by atoms with Crippen molar-refractivity contribution in [1.29, 1.82) is 5.26 Å². The predicted molar refractivity (Wildman–Crippen MR) is 129 cm³/mol. The standard InChI is InChI=1S/C26H33F6N5O4/c1-21(2)9-12(18(39)36-21)8-13(10-33)24-14(22(24,3)4)11-37(16(24)17(34)38)19(40)15(35-20(41)25(27,28)29)23(6-5-7-23)26(30,31)32/h12-16H,5-9,11H2,1-4H3,(H2,34,38)(H,35,41)(H,36,39)/t12-,13-,14?,15?,16?,24?/m1/s1. The van der Waals surface area contributed by atoms with Gasteiger partial charge in [-0.1, -0.05) is 20.3 Å². The second-order valence-electron chi connectivity index (χ2n) is 13.1. The van der Waals surface area contributed by atoms with Gasteiger partial charge in [-0.05, 0) is 50.9 Å². The van der Waals surface area contributed by atoms with E-state index < -0.39 is 94.5 Å². The molecule has 9 nitrogen and oxygen atoms in total. The number of likely N-dealkylation sites (tertiary alicyclic amines) is 1. The summed E-state index contributed by atoms with van der Waals surface area (Å²) in [6, 6.07) is -2.17. The summed E-state index contributed by atoms with van der Waals surface area (Å²) >= 11 is 0. The summed E-state index contributed by atoms with van der Waals surface area (Å²) in [5, 5.41) is 14.3. The third kappa shape index (κ3) is 4.43. The molecule has 228 valence electrons. The summed E-state index contributed by atoms with van der Waals surface area (Å²) in [7, 11) is 0. The van der Waals surface area contributed by atoms with E-state index in [1.807, 2.05) is 0 Å². The number of nitrogens with one attached hydrogen (secondary N) is 2. The summed E-state index contributed by atoms with van der Waals surface area (Å²) in [5.41, 5.74) is 0.0122. The molecule has 0 bridgehead atoms. The van der Waals surface area contributed by atoms with Gasteiger partial charge in [0, 0.05) is 23.4 Å². The molecule has 4 rings (SSSR count). The van der Waals surface area contributed by atoms with Gasteiger partial charge in [0.25, 0.3) is 0 Å². The molecule has 6 atom stereocenters. The van der Waals surface area contributed by atoms with Crippen molar-refractivity contribution in [3.63, 3.8) is 0 Å². The molecule has 0 spiro atoms. The van der Waals surface area contributed by atoms with Crippen LogP contribution in [0.1, 0.15) is 59.8 Å². The number of amides is 4. The number of carbonyl (C=O) groups is 4. The van der Waals surface area contributed by atoms with Gasteiger partial charge in [0.2, 0.25) is 17.7 Å². The fourth-order valence-corrected chi connectivity index (χ4v) is 8.05. The van der Waals surface area contributed by atoms with Gasteiger partial charge in [-0.2, -0.15) is 31.6 Å². The molecule has 15 heteroatoms. The first kappa shape index (κ1) is 30.9. The van der Waals surface area contributed by atoms with E-state index in [2.05, 4.69) is 11.4 Å². The van der Waals surface area contributed by atoms with Crippen molar-refractivity contribution in [2.24, 2.45) is 39.7 Å². The minimum atomic E-state index is -5.57. The average Bonchev–Trinajstić information content (AvgIpc) is 3.05. The first-order valence-corrected chi connectivity index (χ1v) is 13.3. The van der Waals surface area contributed by atoms with Crippen LogP contribution in [0.25, 0.3) is 0 Å². The Morgan fingerprint density at radius 3 is 2.12 bits per heavy atom. The van der Waals surface area contributed by atoms with E-state index in [-0.39, 0.29) is 25.3 Å². The number of nitriles is 1. The molecule has 4 N–H and O–H groups in total. The number of primary amides is 1. The van der Waals surface area contributed by atoms with E-state index in [1.165, 1.54) is 5.32 Å². The van der Waals surface area contributed by atoms with Gasteiger partial charge in [0.15, 0.2) is 0 Å². The highest BCUT2D eigenvalue weighted by Crippen LogP contribution is 2.78. The van der Waals surface area contributed by atoms with Crippen LogP contribution in [0, 0.1) is 45.3 Å². The first-order chi connectivity index (χ1) is 18.6. The topological polar surface area (TPSA) is 145 Å². The molecule has 4 unspecified atom stereocenters. The van der Waals surface area contributed by atoms with Crippen molar-refractivity contribution >= 4 is 23.6 Å². The molecule has 0 aromatic heterocycles. The van der Waals surface area contributed by atoms with E-state index in [4.69, 9.17) is 5.73 Å². The third-order valence-electron chi connectivity index (χ3n) is 10.2. The van der Waals surface area contributed by atoms with Crippen molar-refractivity contribution in [3.05, 3.63) is 0 Å². The lowest BCUT2D eigenvalue weighted by Gasteiger charge is -2.49. The minimum Gasteiger partial charge on any atom is -0.368 e. The normalized spacial score (nSPS) is 32.6. The number of rotatable bonds is 7. The maximum atomic E-state index is 14.3. The summed E-state index contributed by atoms with van der Waals surface area (Å²) < 4.78 is 82.3. The summed E-state index contributed by atoms with van der Waals surface area (Å²) in [6.45, 7) is 6.66. The maximum absolute atomic E-state index is 14.3. The highest BCUT2D eigenvalue weighted by molar-refractivity contribution is 5.95. The van der Waals surface area contributed by atoms with Crippen LogP contribution in [0.15, 0.2) is 0 Å². The van der Waals surface area contributed by atoms with Gasteiger partial charge >= 0.3 is 18.3 Å². The molecule has 0 radical (unpaired) electrons. The molecule has 4 aliphatic rings. The van der Waals surface area contributed by atoms with Crippen LogP contribution >= 0.6 is 0 Å². The number of nitrogens with two attached hydrogens (primary N) is 1.